The lowest BCUT2D eigenvalue weighted by Crippen LogP contribution is -2.33. The number of fused-ring (bicyclic) bond motifs is 1. The fourth-order valence-electron chi connectivity index (χ4n) is 1.54. The van der Waals surface area contributed by atoms with Gasteiger partial charge >= 0.3 is 11.2 Å². The van der Waals surface area contributed by atoms with E-state index in [0.29, 0.717) is 5.22 Å². The van der Waals surface area contributed by atoms with Gasteiger partial charge in [0.2, 0.25) is 5.58 Å². The molecule has 0 amide bonds. The zero-order valence-corrected chi connectivity index (χ0v) is 9.66. The quantitative estimate of drug-likeness (QED) is 0.653. The average Bonchev–Trinajstić information content (AvgIpc) is 2.63. The Bertz CT molecular complexity index is 521. The highest BCUT2D eigenvalue weighted by molar-refractivity contribution is 7.99. The van der Waals surface area contributed by atoms with E-state index in [4.69, 9.17) is 9.52 Å². The molecule has 0 aliphatic rings. The van der Waals surface area contributed by atoms with Crippen LogP contribution in [0.2, 0.25) is 0 Å². The highest BCUT2D eigenvalue weighted by Crippen LogP contribution is 2.21. The lowest BCUT2D eigenvalue weighted by molar-refractivity contribution is -0.713. The van der Waals surface area contributed by atoms with Crippen LogP contribution in [-0.2, 0) is 11.3 Å². The van der Waals surface area contributed by atoms with Gasteiger partial charge in [0.05, 0.1) is 0 Å². The molecular formula is C11H12NO3S+. The largest absolute Gasteiger partial charge is 0.481 e. The van der Waals surface area contributed by atoms with Crippen molar-refractivity contribution in [2.24, 2.45) is 0 Å². The minimum Gasteiger partial charge on any atom is -0.481 e. The molecule has 2 rings (SSSR count). The molecule has 1 aromatic heterocycles. The molecule has 0 bridgehead atoms. The molecule has 0 atom stereocenters. The predicted octanol–water partition coefficient (Wildman–Crippen LogP) is 1.92. The number of carboxylic acids is 1. The molecule has 0 spiro atoms. The number of oxazole rings is 1. The Labute approximate surface area is 96.9 Å². The van der Waals surface area contributed by atoms with Crippen LogP contribution in [0.25, 0.3) is 11.1 Å². The van der Waals surface area contributed by atoms with Crippen molar-refractivity contribution in [3.8, 4) is 0 Å². The number of benzene rings is 1. The van der Waals surface area contributed by atoms with E-state index in [9.17, 15) is 4.79 Å². The molecule has 0 saturated heterocycles. The molecule has 4 nitrogen and oxygen atoms in total. The molecule has 84 valence electrons. The van der Waals surface area contributed by atoms with E-state index in [1.54, 1.807) is 0 Å². The van der Waals surface area contributed by atoms with Crippen molar-refractivity contribution < 1.29 is 18.9 Å². The van der Waals surface area contributed by atoms with Crippen LogP contribution in [0, 0.1) is 0 Å². The summed E-state index contributed by atoms with van der Waals surface area (Å²) in [5, 5.41) is 9.29. The Hall–Kier alpha value is -1.49. The first-order valence-electron chi connectivity index (χ1n) is 4.98. The summed E-state index contributed by atoms with van der Waals surface area (Å²) in [6.07, 6.45) is 0. The molecule has 5 heteroatoms. The molecule has 0 fully saturated rings. The minimum absolute atomic E-state index is 0.0137. The Balaban J connectivity index is 2.40. The molecule has 0 unspecified atom stereocenters. The number of nitrogens with zero attached hydrogens (tertiary/aromatic N) is 1. The van der Waals surface area contributed by atoms with Gasteiger partial charge < -0.3 is 9.52 Å². The first kappa shape index (κ1) is 11.0. The van der Waals surface area contributed by atoms with Crippen LogP contribution in [0.15, 0.2) is 33.9 Å². The second-order valence-corrected chi connectivity index (χ2v) is 4.19. The van der Waals surface area contributed by atoms with Gasteiger partial charge in [0.15, 0.2) is 6.54 Å². The van der Waals surface area contributed by atoms with Crippen molar-refractivity contribution in [2.75, 3.05) is 5.75 Å². The maximum absolute atomic E-state index is 10.5. The predicted molar refractivity (Wildman–Crippen MR) is 60.4 cm³/mol. The molecule has 0 radical (unpaired) electrons. The normalized spacial score (nSPS) is 10.8. The van der Waals surface area contributed by atoms with Gasteiger partial charge in [-0.15, -0.1) is 0 Å². The van der Waals surface area contributed by atoms with Crippen molar-refractivity contribution in [1.29, 1.82) is 0 Å². The summed E-state index contributed by atoms with van der Waals surface area (Å²) < 4.78 is 7.58. The maximum atomic E-state index is 10.5. The fraction of sp³-hybridized carbons (Fsp3) is 0.273. The molecule has 1 aromatic carbocycles. The van der Waals surface area contributed by atoms with Crippen LogP contribution >= 0.6 is 11.8 Å². The summed E-state index contributed by atoms with van der Waals surface area (Å²) in [4.78, 5) is 10.5. The van der Waals surface area contributed by atoms with Crippen molar-refractivity contribution in [2.45, 2.75) is 18.7 Å². The topological polar surface area (TPSA) is 54.3 Å². The highest BCUT2D eigenvalue weighted by Gasteiger charge is 2.21. The van der Waals surface area contributed by atoms with E-state index in [1.807, 2.05) is 35.8 Å². The highest BCUT2D eigenvalue weighted by atomic mass is 32.2. The Morgan fingerprint density at radius 2 is 2.25 bits per heavy atom. The lowest BCUT2D eigenvalue weighted by atomic mass is 10.3. The SMILES string of the molecule is CC[n+]1c(SCC(=O)O)oc2ccccc21. The van der Waals surface area contributed by atoms with Crippen LogP contribution in [0.4, 0.5) is 0 Å². The summed E-state index contributed by atoms with van der Waals surface area (Å²) in [7, 11) is 0. The summed E-state index contributed by atoms with van der Waals surface area (Å²) >= 11 is 1.20. The van der Waals surface area contributed by atoms with E-state index >= 15 is 0 Å². The van der Waals surface area contributed by atoms with Gasteiger partial charge in [-0.25, -0.2) is 0 Å². The molecular weight excluding hydrogens is 226 g/mol. The summed E-state index contributed by atoms with van der Waals surface area (Å²) in [6.45, 7) is 2.77. The molecule has 0 aliphatic heterocycles. The Morgan fingerprint density at radius 3 is 2.94 bits per heavy atom. The van der Waals surface area contributed by atoms with Crippen LogP contribution in [0.5, 0.6) is 0 Å². The second kappa shape index (κ2) is 4.57. The molecule has 1 N–H and O–H groups in total. The Morgan fingerprint density at radius 1 is 1.50 bits per heavy atom. The number of hydrogen-bond acceptors (Lipinski definition) is 3. The zero-order valence-electron chi connectivity index (χ0n) is 8.84. The summed E-state index contributed by atoms with van der Waals surface area (Å²) in [6, 6.07) is 7.69. The number of aromatic nitrogens is 1. The van der Waals surface area contributed by atoms with E-state index in [-0.39, 0.29) is 5.75 Å². The van der Waals surface area contributed by atoms with E-state index < -0.39 is 5.97 Å². The fourth-order valence-corrected chi connectivity index (χ4v) is 2.32. The van der Waals surface area contributed by atoms with Gasteiger partial charge in [-0.05, 0) is 24.8 Å². The van der Waals surface area contributed by atoms with Crippen molar-refractivity contribution in [3.63, 3.8) is 0 Å². The van der Waals surface area contributed by atoms with Gasteiger partial charge in [-0.1, -0.05) is 12.1 Å². The average molecular weight is 238 g/mol. The number of para-hydroxylation sites is 2. The van der Waals surface area contributed by atoms with E-state index in [2.05, 4.69) is 0 Å². The monoisotopic (exact) mass is 238 g/mol. The molecule has 1 heterocycles. The lowest BCUT2D eigenvalue weighted by Gasteiger charge is -1.91. The number of carboxylic acid groups (broad SMARTS) is 1. The zero-order chi connectivity index (χ0) is 11.5. The smallest absolute Gasteiger partial charge is 0.412 e. The molecule has 2 aromatic rings. The van der Waals surface area contributed by atoms with Crippen LogP contribution in [0.3, 0.4) is 0 Å². The van der Waals surface area contributed by atoms with E-state index in [0.717, 1.165) is 17.6 Å². The third-order valence-electron chi connectivity index (χ3n) is 2.21. The van der Waals surface area contributed by atoms with Crippen molar-refractivity contribution in [1.82, 2.24) is 0 Å². The summed E-state index contributed by atoms with van der Waals surface area (Å²) in [5.41, 5.74) is 1.79. The third kappa shape index (κ3) is 2.04. The van der Waals surface area contributed by atoms with Crippen LogP contribution < -0.4 is 4.57 Å². The first-order valence-corrected chi connectivity index (χ1v) is 5.97. The first-order chi connectivity index (χ1) is 7.72. The number of aryl methyl sites for hydroxylation is 1. The van der Waals surface area contributed by atoms with Gasteiger partial charge in [0, 0.05) is 6.07 Å². The molecule has 0 saturated carbocycles. The number of carbonyl (C=O) groups is 1. The van der Waals surface area contributed by atoms with Gasteiger partial charge in [-0.2, -0.15) is 4.57 Å². The number of thioether (sulfide) groups is 1. The maximum Gasteiger partial charge on any atom is 0.412 e. The number of hydrogen-bond donors (Lipinski definition) is 1. The number of rotatable bonds is 4. The summed E-state index contributed by atoms with van der Waals surface area (Å²) in [5.74, 6) is -0.826. The molecule has 0 aliphatic carbocycles. The molecule has 16 heavy (non-hydrogen) atoms. The third-order valence-corrected chi connectivity index (χ3v) is 3.15. The van der Waals surface area contributed by atoms with Gasteiger partial charge in [0.25, 0.3) is 5.52 Å². The van der Waals surface area contributed by atoms with Gasteiger partial charge in [-0.3, -0.25) is 4.79 Å². The van der Waals surface area contributed by atoms with E-state index in [1.165, 1.54) is 11.8 Å². The van der Waals surface area contributed by atoms with Crippen molar-refractivity contribution >= 4 is 28.8 Å². The standard InChI is InChI=1S/C11H11NO3S/c1-2-12-8-5-3-4-6-9(8)15-11(12)16-7-10(13)14/h3-6H,2,7H2,1H3/p+1. The van der Waals surface area contributed by atoms with Crippen molar-refractivity contribution in [3.05, 3.63) is 24.3 Å². The minimum atomic E-state index is -0.840. The van der Waals surface area contributed by atoms with Crippen LogP contribution in [-0.4, -0.2) is 16.8 Å². The van der Waals surface area contributed by atoms with Gasteiger partial charge in [0.1, 0.15) is 5.75 Å². The Kier molecular flexibility index (Phi) is 3.14. The van der Waals surface area contributed by atoms with Crippen LogP contribution in [0.1, 0.15) is 6.92 Å². The second-order valence-electron chi connectivity index (χ2n) is 3.26. The number of aliphatic carboxylic acids is 1.